The van der Waals surface area contributed by atoms with E-state index in [2.05, 4.69) is 10.3 Å². The zero-order valence-electron chi connectivity index (χ0n) is 15.9. The van der Waals surface area contributed by atoms with Crippen molar-refractivity contribution in [1.29, 1.82) is 0 Å². The third kappa shape index (κ3) is 4.40. The van der Waals surface area contributed by atoms with Gasteiger partial charge in [-0.15, -0.1) is 0 Å². The van der Waals surface area contributed by atoms with Gasteiger partial charge < -0.3 is 10.2 Å². The van der Waals surface area contributed by atoms with Crippen LogP contribution in [0.25, 0.3) is 0 Å². The number of halogens is 3. The van der Waals surface area contributed by atoms with Crippen LogP contribution in [-0.2, 0) is 11.3 Å². The first-order valence-electron chi connectivity index (χ1n) is 8.77. The normalized spacial score (nSPS) is 16.9. The highest BCUT2D eigenvalue weighted by Crippen LogP contribution is 2.38. The number of imide groups is 1. The van der Waals surface area contributed by atoms with Crippen molar-refractivity contribution in [3.05, 3.63) is 53.9 Å². The van der Waals surface area contributed by atoms with Crippen LogP contribution in [0.5, 0.6) is 0 Å². The number of urea groups is 1. The molecule has 7 nitrogen and oxygen atoms in total. The quantitative estimate of drug-likeness (QED) is 0.572. The van der Waals surface area contributed by atoms with Crippen LogP contribution in [0.15, 0.2) is 47.6 Å². The summed E-state index contributed by atoms with van der Waals surface area (Å²) in [5.74, 6) is -0.884. The van der Waals surface area contributed by atoms with Crippen LogP contribution in [-0.4, -0.2) is 46.3 Å². The molecular formula is C19H17F3N4O3S. The lowest BCUT2D eigenvalue weighted by Crippen LogP contribution is -2.34. The summed E-state index contributed by atoms with van der Waals surface area (Å²) in [5.41, 5.74) is -3.47. The molecule has 0 saturated carbocycles. The first-order valence-corrected chi connectivity index (χ1v) is 9.59. The zero-order chi connectivity index (χ0) is 22.1. The van der Waals surface area contributed by atoms with Gasteiger partial charge in [0.1, 0.15) is 6.04 Å². The lowest BCUT2D eigenvalue weighted by atomic mass is 10.1. The Morgan fingerprint density at radius 1 is 1.20 bits per heavy atom. The first kappa shape index (κ1) is 21.6. The van der Waals surface area contributed by atoms with Crippen molar-refractivity contribution in [2.24, 2.45) is 0 Å². The third-order valence-corrected chi connectivity index (χ3v) is 5.27. The number of nitrogens with zero attached hydrogens (tertiary/aromatic N) is 3. The third-order valence-electron chi connectivity index (χ3n) is 4.53. The Bertz CT molecular complexity index is 982. The molecule has 1 aliphatic rings. The minimum absolute atomic E-state index is 0.00444. The second kappa shape index (κ2) is 8.34. The SMILES string of the molecule is CNC(=O)c1cnccc1CN1C(=O)N(c2ccc(SC(F)(F)F)cc2)C(=O)C1C. The smallest absolute Gasteiger partial charge is 0.355 e. The van der Waals surface area contributed by atoms with Crippen molar-refractivity contribution < 1.29 is 27.6 Å². The molecule has 1 aliphatic heterocycles. The van der Waals surface area contributed by atoms with E-state index in [4.69, 9.17) is 0 Å². The van der Waals surface area contributed by atoms with Gasteiger partial charge in [-0.05, 0) is 54.6 Å². The number of hydrogen-bond acceptors (Lipinski definition) is 5. The predicted molar refractivity (Wildman–Crippen MR) is 104 cm³/mol. The number of nitrogens with one attached hydrogen (secondary N) is 1. The average Bonchev–Trinajstić information content (AvgIpc) is 2.91. The molecule has 3 rings (SSSR count). The molecule has 1 unspecified atom stereocenters. The molecule has 1 atom stereocenters. The summed E-state index contributed by atoms with van der Waals surface area (Å²) in [6.07, 6.45) is 2.85. The molecule has 2 heterocycles. The van der Waals surface area contributed by atoms with Gasteiger partial charge in [0.2, 0.25) is 0 Å². The fraction of sp³-hybridized carbons (Fsp3) is 0.263. The number of hydrogen-bond donors (Lipinski definition) is 1. The molecule has 1 saturated heterocycles. The number of thioether (sulfide) groups is 1. The van der Waals surface area contributed by atoms with E-state index < -0.39 is 23.5 Å². The van der Waals surface area contributed by atoms with Gasteiger partial charge in [0, 0.05) is 30.9 Å². The lowest BCUT2D eigenvalue weighted by molar-refractivity contribution is -0.119. The molecule has 158 valence electrons. The van der Waals surface area contributed by atoms with Crippen LogP contribution in [0, 0.1) is 0 Å². The van der Waals surface area contributed by atoms with E-state index in [9.17, 15) is 27.6 Å². The molecule has 0 spiro atoms. The summed E-state index contributed by atoms with van der Waals surface area (Å²) in [5, 5.41) is 2.49. The molecule has 1 aromatic heterocycles. The van der Waals surface area contributed by atoms with Gasteiger partial charge in [0.25, 0.3) is 11.8 Å². The molecule has 1 fully saturated rings. The van der Waals surface area contributed by atoms with Crippen molar-refractivity contribution in [1.82, 2.24) is 15.2 Å². The van der Waals surface area contributed by atoms with Crippen LogP contribution in [0.1, 0.15) is 22.8 Å². The van der Waals surface area contributed by atoms with Gasteiger partial charge >= 0.3 is 11.5 Å². The summed E-state index contributed by atoms with van der Waals surface area (Å²) >= 11 is -0.280. The van der Waals surface area contributed by atoms with Gasteiger partial charge in [-0.2, -0.15) is 13.2 Å². The van der Waals surface area contributed by atoms with E-state index >= 15 is 0 Å². The maximum atomic E-state index is 12.9. The van der Waals surface area contributed by atoms with E-state index in [1.165, 1.54) is 48.6 Å². The fourth-order valence-electron chi connectivity index (χ4n) is 3.03. The number of carbonyl (C=O) groups excluding carboxylic acids is 3. The van der Waals surface area contributed by atoms with Crippen LogP contribution in [0.4, 0.5) is 23.7 Å². The molecule has 2 aromatic rings. The zero-order valence-corrected chi connectivity index (χ0v) is 16.8. The van der Waals surface area contributed by atoms with Crippen LogP contribution in [0.2, 0.25) is 0 Å². The number of benzene rings is 1. The highest BCUT2D eigenvalue weighted by Gasteiger charge is 2.43. The van der Waals surface area contributed by atoms with Crippen molar-refractivity contribution in [3.63, 3.8) is 0 Å². The minimum Gasteiger partial charge on any atom is -0.355 e. The topological polar surface area (TPSA) is 82.6 Å². The van der Waals surface area contributed by atoms with E-state index in [-0.39, 0.29) is 40.4 Å². The molecule has 11 heteroatoms. The molecular weight excluding hydrogens is 421 g/mol. The Balaban J connectivity index is 1.84. The summed E-state index contributed by atoms with van der Waals surface area (Å²) < 4.78 is 37.5. The molecule has 1 aromatic carbocycles. The number of amides is 4. The molecule has 0 radical (unpaired) electrons. The predicted octanol–water partition coefficient (Wildman–Crippen LogP) is 3.41. The standard InChI is InChI=1S/C19H17F3N4O3S/c1-11-17(28)26(13-3-5-14(6-4-13)30-19(20,21)22)18(29)25(11)10-12-7-8-24-9-15(12)16(27)23-2/h3-9,11H,10H2,1-2H3,(H,23,27). The Kier molecular flexibility index (Phi) is 6.01. The second-order valence-electron chi connectivity index (χ2n) is 6.41. The minimum atomic E-state index is -4.43. The molecule has 0 bridgehead atoms. The van der Waals surface area contributed by atoms with Gasteiger partial charge in [-0.1, -0.05) is 0 Å². The van der Waals surface area contributed by atoms with Crippen molar-refractivity contribution in [2.75, 3.05) is 11.9 Å². The molecule has 0 aliphatic carbocycles. The Labute approximate surface area is 174 Å². The fourth-order valence-corrected chi connectivity index (χ4v) is 3.57. The second-order valence-corrected chi connectivity index (χ2v) is 7.55. The number of rotatable bonds is 5. The maximum Gasteiger partial charge on any atom is 0.446 e. The molecule has 30 heavy (non-hydrogen) atoms. The molecule has 1 N–H and O–H groups in total. The van der Waals surface area contributed by atoms with Crippen LogP contribution < -0.4 is 10.2 Å². The Morgan fingerprint density at radius 2 is 1.87 bits per heavy atom. The number of aromatic nitrogens is 1. The van der Waals surface area contributed by atoms with Gasteiger partial charge in [0.05, 0.1) is 11.3 Å². The first-order chi connectivity index (χ1) is 14.1. The summed E-state index contributed by atoms with van der Waals surface area (Å²) in [7, 11) is 1.47. The molecule has 4 amide bonds. The van der Waals surface area contributed by atoms with Gasteiger partial charge in [-0.25, -0.2) is 9.69 Å². The monoisotopic (exact) mass is 438 g/mol. The van der Waals surface area contributed by atoms with E-state index in [1.807, 2.05) is 0 Å². The Morgan fingerprint density at radius 3 is 2.47 bits per heavy atom. The Hall–Kier alpha value is -3.08. The summed E-state index contributed by atoms with van der Waals surface area (Å²) in [6, 6.07) is 5.14. The van der Waals surface area contributed by atoms with Crippen molar-refractivity contribution in [3.8, 4) is 0 Å². The summed E-state index contributed by atoms with van der Waals surface area (Å²) in [6.45, 7) is 1.55. The van der Waals surface area contributed by atoms with E-state index in [0.29, 0.717) is 5.56 Å². The largest absolute Gasteiger partial charge is 0.446 e. The number of alkyl halides is 3. The van der Waals surface area contributed by atoms with Gasteiger partial charge in [0.15, 0.2) is 0 Å². The lowest BCUT2D eigenvalue weighted by Gasteiger charge is -2.20. The van der Waals surface area contributed by atoms with E-state index in [0.717, 1.165) is 4.90 Å². The van der Waals surface area contributed by atoms with Crippen molar-refractivity contribution in [2.45, 2.75) is 29.9 Å². The van der Waals surface area contributed by atoms with Crippen molar-refractivity contribution >= 4 is 35.3 Å². The van der Waals surface area contributed by atoms with Crippen LogP contribution in [0.3, 0.4) is 0 Å². The maximum absolute atomic E-state index is 12.9. The van der Waals surface area contributed by atoms with Gasteiger partial charge in [-0.3, -0.25) is 14.6 Å². The highest BCUT2D eigenvalue weighted by atomic mass is 32.2. The number of carbonyl (C=O) groups is 3. The average molecular weight is 438 g/mol. The van der Waals surface area contributed by atoms with Crippen LogP contribution >= 0.6 is 11.8 Å². The summed E-state index contributed by atoms with van der Waals surface area (Å²) in [4.78, 5) is 43.7. The number of pyridine rings is 1. The van der Waals surface area contributed by atoms with E-state index in [1.54, 1.807) is 13.0 Å². The highest BCUT2D eigenvalue weighted by molar-refractivity contribution is 8.00. The number of anilines is 1.